The van der Waals surface area contributed by atoms with Crippen molar-refractivity contribution in [2.24, 2.45) is 28.6 Å². The van der Waals surface area contributed by atoms with Gasteiger partial charge in [-0.3, -0.25) is 14.4 Å². The molecule has 172 valence electrons. The topological polar surface area (TPSA) is 101 Å². The lowest BCUT2D eigenvalue weighted by Crippen LogP contribution is -2.63. The number of allylic oxidation sites excluding steroid dienone is 1. The maximum atomic E-state index is 13.1. The molecule has 0 amide bonds. The maximum Gasteiger partial charge on any atom is 0.306 e. The molecule has 0 saturated heterocycles. The first-order chi connectivity index (χ1) is 14.6. The van der Waals surface area contributed by atoms with Gasteiger partial charge in [0.1, 0.15) is 6.61 Å². The van der Waals surface area contributed by atoms with Gasteiger partial charge in [-0.1, -0.05) is 26.3 Å². The molecule has 2 N–H and O–H groups in total. The summed E-state index contributed by atoms with van der Waals surface area (Å²) < 4.78 is 5.92. The molecule has 3 fully saturated rings. The first kappa shape index (κ1) is 22.7. The van der Waals surface area contributed by atoms with E-state index in [-0.39, 0.29) is 35.4 Å². The summed E-state index contributed by atoms with van der Waals surface area (Å²) in [6.45, 7) is 5.39. The average Bonchev–Trinajstić information content (AvgIpc) is 3.00. The number of aliphatic hydroxyl groups is 2. The Morgan fingerprint density at radius 3 is 2.61 bits per heavy atom. The number of rotatable bonds is 5. The smallest absolute Gasteiger partial charge is 0.306 e. The molecule has 6 nitrogen and oxygen atoms in total. The second-order valence-electron chi connectivity index (χ2n) is 10.7. The van der Waals surface area contributed by atoms with Crippen LogP contribution in [0.1, 0.15) is 78.6 Å². The molecule has 4 aliphatic carbocycles. The number of Topliss-reactive ketones (excluding diaryl/α,β-unsaturated/α-hetero) is 1. The van der Waals surface area contributed by atoms with Crippen LogP contribution in [-0.2, 0) is 19.1 Å². The normalized spacial score (nSPS) is 44.0. The van der Waals surface area contributed by atoms with Crippen molar-refractivity contribution in [3.05, 3.63) is 11.6 Å². The van der Waals surface area contributed by atoms with Gasteiger partial charge in [0, 0.05) is 18.3 Å². The summed E-state index contributed by atoms with van der Waals surface area (Å²) >= 11 is 0. The number of aliphatic hydroxyl groups excluding tert-OH is 2. The number of hydrogen-bond donors (Lipinski definition) is 2. The van der Waals surface area contributed by atoms with E-state index in [0.29, 0.717) is 25.7 Å². The van der Waals surface area contributed by atoms with Gasteiger partial charge >= 0.3 is 5.97 Å². The van der Waals surface area contributed by atoms with Crippen LogP contribution in [0.15, 0.2) is 11.6 Å². The van der Waals surface area contributed by atoms with Gasteiger partial charge in [0.25, 0.3) is 0 Å². The average molecular weight is 433 g/mol. The summed E-state index contributed by atoms with van der Waals surface area (Å²) in [7, 11) is 0. The highest BCUT2D eigenvalue weighted by Crippen LogP contribution is 2.68. The molecule has 3 saturated carbocycles. The monoisotopic (exact) mass is 432 g/mol. The molecule has 0 radical (unpaired) electrons. The molecular weight excluding hydrogens is 396 g/mol. The zero-order valence-corrected chi connectivity index (χ0v) is 19.0. The Hall–Kier alpha value is -1.53. The van der Waals surface area contributed by atoms with Gasteiger partial charge in [-0.15, -0.1) is 0 Å². The molecule has 7 atom stereocenters. The molecule has 0 aliphatic heterocycles. The Morgan fingerprint density at radius 2 is 1.94 bits per heavy atom. The highest BCUT2D eigenvalue weighted by molar-refractivity contribution is 5.92. The minimum absolute atomic E-state index is 0.0325. The first-order valence-electron chi connectivity index (χ1n) is 11.9. The molecule has 4 aliphatic rings. The van der Waals surface area contributed by atoms with E-state index in [1.807, 2.05) is 13.8 Å². The van der Waals surface area contributed by atoms with E-state index in [9.17, 15) is 24.6 Å². The summed E-state index contributed by atoms with van der Waals surface area (Å²) in [5, 5.41) is 21.3. The predicted molar refractivity (Wildman–Crippen MR) is 114 cm³/mol. The fourth-order valence-corrected chi connectivity index (χ4v) is 7.94. The van der Waals surface area contributed by atoms with Crippen molar-refractivity contribution in [3.8, 4) is 0 Å². The Morgan fingerprint density at radius 1 is 1.19 bits per heavy atom. The van der Waals surface area contributed by atoms with Crippen LogP contribution >= 0.6 is 0 Å². The Labute approximate surface area is 184 Å². The van der Waals surface area contributed by atoms with Crippen LogP contribution in [0.25, 0.3) is 0 Å². The lowest BCUT2D eigenvalue weighted by molar-refractivity contribution is -0.202. The number of carbonyl (C=O) groups is 3. The van der Waals surface area contributed by atoms with E-state index in [1.165, 1.54) is 0 Å². The molecule has 31 heavy (non-hydrogen) atoms. The Balaban J connectivity index is 1.73. The minimum Gasteiger partial charge on any atom is -0.450 e. The zero-order chi connectivity index (χ0) is 22.6. The van der Waals surface area contributed by atoms with Gasteiger partial charge in [0.2, 0.25) is 5.78 Å². The highest BCUT2D eigenvalue weighted by atomic mass is 16.6. The lowest BCUT2D eigenvalue weighted by Gasteiger charge is -2.60. The van der Waals surface area contributed by atoms with Crippen molar-refractivity contribution in [2.45, 2.75) is 90.3 Å². The van der Waals surface area contributed by atoms with Gasteiger partial charge in [0.15, 0.2) is 11.4 Å². The number of ether oxygens (including phenoxy) is 1. The number of fused-ring (bicyclic) bond motifs is 5. The summed E-state index contributed by atoms with van der Waals surface area (Å²) in [4.78, 5) is 37.6. The molecular formula is C25H36O6. The van der Waals surface area contributed by atoms with Gasteiger partial charge in [-0.25, -0.2) is 0 Å². The van der Waals surface area contributed by atoms with Crippen LogP contribution < -0.4 is 0 Å². The lowest BCUT2D eigenvalue weighted by atomic mass is 9.45. The van der Waals surface area contributed by atoms with Crippen LogP contribution in [0, 0.1) is 28.6 Å². The molecule has 0 bridgehead atoms. The van der Waals surface area contributed by atoms with Gasteiger partial charge < -0.3 is 14.9 Å². The van der Waals surface area contributed by atoms with Crippen molar-refractivity contribution >= 4 is 17.5 Å². The van der Waals surface area contributed by atoms with Crippen LogP contribution in [0.3, 0.4) is 0 Å². The standard InChI is InChI=1S/C25H36O6/c1-4-5-21(30)31-25(20(29)14-26)11-9-18-17-7-6-15-12-16(27)8-10-23(15,2)22(17)19(28)13-24(18,25)3/h12,17-19,22,26,28H,4-11,13-14H2,1-3H3/t17?,18?,19-,22?,23?,24?,25-/m0/s1. The molecule has 4 rings (SSSR count). The quantitative estimate of drug-likeness (QED) is 0.648. The van der Waals surface area contributed by atoms with Gasteiger partial charge in [-0.2, -0.15) is 0 Å². The third-order valence-electron chi connectivity index (χ3n) is 9.35. The summed E-state index contributed by atoms with van der Waals surface area (Å²) in [5.41, 5.74) is -1.12. The predicted octanol–water partition coefficient (Wildman–Crippen LogP) is 3.13. The molecule has 0 aromatic carbocycles. The molecule has 5 unspecified atom stereocenters. The number of carbonyl (C=O) groups excluding carboxylic acids is 3. The van der Waals surface area contributed by atoms with E-state index in [0.717, 1.165) is 31.3 Å². The van der Waals surface area contributed by atoms with Crippen LogP contribution in [0.2, 0.25) is 0 Å². The van der Waals surface area contributed by atoms with Crippen LogP contribution in [-0.4, -0.2) is 46.1 Å². The van der Waals surface area contributed by atoms with Crippen molar-refractivity contribution < 1.29 is 29.3 Å². The molecule has 0 heterocycles. The third kappa shape index (κ3) is 3.16. The fourth-order valence-electron chi connectivity index (χ4n) is 7.94. The molecule has 0 aromatic rings. The van der Waals surface area contributed by atoms with E-state index < -0.39 is 35.5 Å². The van der Waals surface area contributed by atoms with E-state index >= 15 is 0 Å². The Bertz CT molecular complexity index is 817. The Kier molecular flexibility index (Phi) is 5.70. The van der Waals surface area contributed by atoms with E-state index in [2.05, 4.69) is 6.92 Å². The van der Waals surface area contributed by atoms with E-state index in [4.69, 9.17) is 4.74 Å². The maximum absolute atomic E-state index is 13.1. The van der Waals surface area contributed by atoms with Crippen molar-refractivity contribution in [3.63, 3.8) is 0 Å². The first-order valence-corrected chi connectivity index (χ1v) is 11.9. The highest BCUT2D eigenvalue weighted by Gasteiger charge is 2.70. The van der Waals surface area contributed by atoms with Gasteiger partial charge in [-0.05, 0) is 74.2 Å². The van der Waals surface area contributed by atoms with Crippen molar-refractivity contribution in [1.29, 1.82) is 0 Å². The number of hydrogen-bond acceptors (Lipinski definition) is 6. The molecule has 0 spiro atoms. The fraction of sp³-hybridized carbons (Fsp3) is 0.800. The second kappa shape index (κ2) is 7.80. The number of esters is 1. The van der Waals surface area contributed by atoms with Crippen molar-refractivity contribution in [1.82, 2.24) is 0 Å². The molecule has 0 aromatic heterocycles. The van der Waals surface area contributed by atoms with Crippen LogP contribution in [0.5, 0.6) is 0 Å². The van der Waals surface area contributed by atoms with Crippen molar-refractivity contribution in [2.75, 3.05) is 6.61 Å². The SMILES string of the molecule is CCCC(=O)O[C@]1(C(=O)CO)CCC2C3CCC4=CC(=O)CCC4(C)C3[C@@H](O)CC21C. The van der Waals surface area contributed by atoms with Crippen LogP contribution in [0.4, 0.5) is 0 Å². The minimum atomic E-state index is -1.37. The van der Waals surface area contributed by atoms with E-state index in [1.54, 1.807) is 6.08 Å². The summed E-state index contributed by atoms with van der Waals surface area (Å²) in [6.07, 6.45) is 6.48. The third-order valence-corrected chi connectivity index (χ3v) is 9.35. The summed E-state index contributed by atoms with van der Waals surface area (Å²) in [6, 6.07) is 0. The largest absolute Gasteiger partial charge is 0.450 e. The zero-order valence-electron chi connectivity index (χ0n) is 19.0. The molecule has 6 heteroatoms. The van der Waals surface area contributed by atoms with Gasteiger partial charge in [0.05, 0.1) is 6.10 Å². The number of ketones is 2. The second-order valence-corrected chi connectivity index (χ2v) is 10.7. The summed E-state index contributed by atoms with van der Waals surface area (Å²) in [5.74, 6) is -0.320.